The molecule has 0 aromatic rings. The van der Waals surface area contributed by atoms with Gasteiger partial charge in [0.2, 0.25) is 0 Å². The molecule has 3 atom stereocenters. The molecule has 2 N–H and O–H groups in total. The molecule has 0 unspecified atom stereocenters. The van der Waals surface area contributed by atoms with Crippen molar-refractivity contribution in [2.24, 2.45) is 0 Å². The molecule has 2 aliphatic rings. The van der Waals surface area contributed by atoms with Crippen LogP contribution in [0.3, 0.4) is 0 Å². The molecule has 12 heavy (non-hydrogen) atoms. The first-order valence-electron chi connectivity index (χ1n) is 4.87. The van der Waals surface area contributed by atoms with E-state index in [-0.39, 0.29) is 0 Å². The number of nitrogens with zero attached hydrogens (tertiary/aromatic N) is 1. The van der Waals surface area contributed by atoms with E-state index in [2.05, 4.69) is 4.90 Å². The van der Waals surface area contributed by atoms with Crippen molar-refractivity contribution >= 4 is 0 Å². The van der Waals surface area contributed by atoms with Crippen LogP contribution in [0.4, 0.5) is 0 Å². The first-order valence-corrected chi connectivity index (χ1v) is 4.87. The monoisotopic (exact) mass is 171 g/mol. The van der Waals surface area contributed by atoms with Gasteiger partial charge in [-0.05, 0) is 25.8 Å². The molecule has 3 nitrogen and oxygen atoms in total. The molecule has 0 amide bonds. The molecule has 0 bridgehead atoms. The van der Waals surface area contributed by atoms with Crippen LogP contribution >= 0.6 is 0 Å². The molecule has 0 aromatic heterocycles. The molecular formula is C9H17NO2. The summed E-state index contributed by atoms with van der Waals surface area (Å²) < 4.78 is 0. The predicted octanol–water partition coefficient (Wildman–Crippen LogP) is -0.0336. The summed E-state index contributed by atoms with van der Waals surface area (Å²) in [5.74, 6) is 0. The van der Waals surface area contributed by atoms with Crippen molar-refractivity contribution in [3.63, 3.8) is 0 Å². The van der Waals surface area contributed by atoms with E-state index in [0.717, 1.165) is 13.0 Å². The topological polar surface area (TPSA) is 43.7 Å². The summed E-state index contributed by atoms with van der Waals surface area (Å²) in [5, 5.41) is 18.9. The summed E-state index contributed by atoms with van der Waals surface area (Å²) >= 11 is 0. The molecule has 2 saturated heterocycles. The highest BCUT2D eigenvalue weighted by atomic mass is 16.3. The Hall–Kier alpha value is -0.120. The molecular weight excluding hydrogens is 154 g/mol. The lowest BCUT2D eigenvalue weighted by molar-refractivity contribution is -0.0698. The Kier molecular flexibility index (Phi) is 2.35. The van der Waals surface area contributed by atoms with E-state index in [1.165, 1.54) is 19.3 Å². The summed E-state index contributed by atoms with van der Waals surface area (Å²) in [4.78, 5) is 2.32. The maximum absolute atomic E-state index is 9.44. The van der Waals surface area contributed by atoms with E-state index >= 15 is 0 Å². The van der Waals surface area contributed by atoms with Gasteiger partial charge in [0.15, 0.2) is 0 Å². The van der Waals surface area contributed by atoms with Crippen molar-refractivity contribution in [1.29, 1.82) is 0 Å². The lowest BCUT2D eigenvalue weighted by Gasteiger charge is -2.43. The van der Waals surface area contributed by atoms with Crippen molar-refractivity contribution in [3.8, 4) is 0 Å². The standard InChI is InChI=1S/C9H17NO2/c11-8-5-7-3-1-2-4-10(7)6-9(8)12/h7-9,11-12H,1-6H2/t7-,8+,9-/m1/s1. The van der Waals surface area contributed by atoms with E-state index < -0.39 is 12.2 Å². The quantitative estimate of drug-likeness (QED) is 0.538. The average molecular weight is 171 g/mol. The Bertz CT molecular complexity index is 145. The summed E-state index contributed by atoms with van der Waals surface area (Å²) in [5.41, 5.74) is 0. The van der Waals surface area contributed by atoms with Crippen LogP contribution in [0.25, 0.3) is 0 Å². The third kappa shape index (κ3) is 1.49. The van der Waals surface area contributed by atoms with E-state index in [9.17, 15) is 10.2 Å². The Morgan fingerprint density at radius 2 is 1.92 bits per heavy atom. The smallest absolute Gasteiger partial charge is 0.0926 e. The second-order valence-corrected chi connectivity index (χ2v) is 4.01. The minimum atomic E-state index is -0.514. The second kappa shape index (κ2) is 3.32. The fourth-order valence-corrected chi connectivity index (χ4v) is 2.37. The summed E-state index contributed by atoms with van der Waals surface area (Å²) in [6, 6.07) is 0.539. The minimum Gasteiger partial charge on any atom is -0.390 e. The summed E-state index contributed by atoms with van der Waals surface area (Å²) in [7, 11) is 0. The lowest BCUT2D eigenvalue weighted by Crippen LogP contribution is -2.53. The van der Waals surface area contributed by atoms with Gasteiger partial charge < -0.3 is 10.2 Å². The molecule has 0 saturated carbocycles. The first kappa shape index (κ1) is 8.48. The summed E-state index contributed by atoms with van der Waals surface area (Å²) in [6.45, 7) is 1.78. The van der Waals surface area contributed by atoms with Crippen molar-refractivity contribution in [2.75, 3.05) is 13.1 Å². The van der Waals surface area contributed by atoms with Crippen molar-refractivity contribution in [2.45, 2.75) is 43.9 Å². The van der Waals surface area contributed by atoms with Gasteiger partial charge in [-0.3, -0.25) is 4.90 Å². The molecule has 0 spiro atoms. The van der Waals surface area contributed by atoms with Crippen molar-refractivity contribution < 1.29 is 10.2 Å². The molecule has 0 aromatic carbocycles. The van der Waals surface area contributed by atoms with Gasteiger partial charge in [-0.2, -0.15) is 0 Å². The number of piperidine rings is 2. The van der Waals surface area contributed by atoms with E-state index in [1.54, 1.807) is 0 Å². The van der Waals surface area contributed by atoms with Crippen LogP contribution in [0.2, 0.25) is 0 Å². The molecule has 2 heterocycles. The highest BCUT2D eigenvalue weighted by Crippen LogP contribution is 2.26. The Labute approximate surface area is 73.0 Å². The second-order valence-electron chi connectivity index (χ2n) is 4.01. The maximum Gasteiger partial charge on any atom is 0.0926 e. The maximum atomic E-state index is 9.44. The zero-order chi connectivity index (χ0) is 8.55. The van der Waals surface area contributed by atoms with E-state index in [4.69, 9.17) is 0 Å². The molecule has 2 rings (SSSR count). The molecule has 0 aliphatic carbocycles. The lowest BCUT2D eigenvalue weighted by atomic mass is 9.90. The predicted molar refractivity (Wildman–Crippen MR) is 45.8 cm³/mol. The number of rotatable bonds is 0. The van der Waals surface area contributed by atoms with Crippen molar-refractivity contribution in [1.82, 2.24) is 4.90 Å². The first-order chi connectivity index (χ1) is 5.77. The number of aliphatic hydroxyl groups excluding tert-OH is 2. The number of hydrogen-bond donors (Lipinski definition) is 2. The fourth-order valence-electron chi connectivity index (χ4n) is 2.37. The van der Waals surface area contributed by atoms with E-state index in [0.29, 0.717) is 12.6 Å². The van der Waals surface area contributed by atoms with Crippen LogP contribution in [0.15, 0.2) is 0 Å². The Morgan fingerprint density at radius 1 is 1.08 bits per heavy atom. The van der Waals surface area contributed by atoms with Crippen LogP contribution in [-0.2, 0) is 0 Å². The Morgan fingerprint density at radius 3 is 2.75 bits per heavy atom. The number of aliphatic hydroxyl groups is 2. The molecule has 3 heteroatoms. The number of hydrogen-bond acceptors (Lipinski definition) is 3. The van der Waals surface area contributed by atoms with Gasteiger partial charge in [0.1, 0.15) is 0 Å². The van der Waals surface area contributed by atoms with Crippen LogP contribution in [0, 0.1) is 0 Å². The molecule has 2 fully saturated rings. The van der Waals surface area contributed by atoms with Gasteiger partial charge in [0.25, 0.3) is 0 Å². The van der Waals surface area contributed by atoms with E-state index in [1.807, 2.05) is 0 Å². The van der Waals surface area contributed by atoms with Gasteiger partial charge >= 0.3 is 0 Å². The van der Waals surface area contributed by atoms with Crippen LogP contribution in [0.1, 0.15) is 25.7 Å². The van der Waals surface area contributed by atoms with Gasteiger partial charge in [0.05, 0.1) is 12.2 Å². The highest BCUT2D eigenvalue weighted by Gasteiger charge is 2.34. The van der Waals surface area contributed by atoms with Gasteiger partial charge in [0, 0.05) is 12.6 Å². The largest absolute Gasteiger partial charge is 0.390 e. The average Bonchev–Trinajstić information content (AvgIpc) is 2.07. The van der Waals surface area contributed by atoms with Crippen LogP contribution < -0.4 is 0 Å². The van der Waals surface area contributed by atoms with Crippen LogP contribution in [0.5, 0.6) is 0 Å². The zero-order valence-electron chi connectivity index (χ0n) is 7.32. The molecule has 0 radical (unpaired) electrons. The van der Waals surface area contributed by atoms with Gasteiger partial charge in [-0.15, -0.1) is 0 Å². The normalized spacial score (nSPS) is 44.0. The fraction of sp³-hybridized carbons (Fsp3) is 1.00. The SMILES string of the molecule is O[C@@H]1CN2CCCC[C@@H]2C[C@@H]1O. The molecule has 2 aliphatic heterocycles. The minimum absolute atomic E-state index is 0.482. The van der Waals surface area contributed by atoms with Gasteiger partial charge in [-0.25, -0.2) is 0 Å². The summed E-state index contributed by atoms with van der Waals surface area (Å²) in [6.07, 6.45) is 3.50. The zero-order valence-corrected chi connectivity index (χ0v) is 7.32. The highest BCUT2D eigenvalue weighted by molar-refractivity contribution is 4.88. The third-order valence-electron chi connectivity index (χ3n) is 3.13. The van der Waals surface area contributed by atoms with Crippen LogP contribution in [-0.4, -0.2) is 46.5 Å². The number of fused-ring (bicyclic) bond motifs is 1. The van der Waals surface area contributed by atoms with Crippen molar-refractivity contribution in [3.05, 3.63) is 0 Å². The van der Waals surface area contributed by atoms with Gasteiger partial charge in [-0.1, -0.05) is 6.42 Å². The molecule has 70 valence electrons. The Balaban J connectivity index is 1.98. The third-order valence-corrected chi connectivity index (χ3v) is 3.13.